The molecule has 0 aliphatic carbocycles. The summed E-state index contributed by atoms with van der Waals surface area (Å²) in [5, 5.41) is 12.8. The highest BCUT2D eigenvalue weighted by Crippen LogP contribution is 2.19. The van der Waals surface area contributed by atoms with Crippen LogP contribution >= 0.6 is 0 Å². The van der Waals surface area contributed by atoms with E-state index >= 15 is 0 Å². The molecule has 2 aromatic carbocycles. The second-order valence-electron chi connectivity index (χ2n) is 5.32. The van der Waals surface area contributed by atoms with Gasteiger partial charge in [-0.3, -0.25) is 4.79 Å². The van der Waals surface area contributed by atoms with Crippen LogP contribution in [0.25, 0.3) is 0 Å². The van der Waals surface area contributed by atoms with E-state index in [-0.39, 0.29) is 4.90 Å². The van der Waals surface area contributed by atoms with Gasteiger partial charge in [0.25, 0.3) is 5.91 Å². The van der Waals surface area contributed by atoms with Crippen LogP contribution in [-0.4, -0.2) is 26.5 Å². The number of benzene rings is 2. The standard InChI is InChI=1S/C17H20N2O4S/c1-12(14-9-6-10-15(11-14)24(22,23)18-2)19-17(21)16(20)13-7-4-3-5-8-13/h3-12,16,18,20H,1-2H3,(H,19,21)/t12-,16+/m0/s1. The number of aliphatic hydroxyl groups is 1. The largest absolute Gasteiger partial charge is 0.378 e. The molecule has 1 amide bonds. The van der Waals surface area contributed by atoms with Gasteiger partial charge < -0.3 is 10.4 Å². The number of hydrogen-bond donors (Lipinski definition) is 3. The van der Waals surface area contributed by atoms with Crippen LogP contribution < -0.4 is 10.0 Å². The highest BCUT2D eigenvalue weighted by molar-refractivity contribution is 7.89. The van der Waals surface area contributed by atoms with Gasteiger partial charge in [-0.15, -0.1) is 0 Å². The molecule has 0 spiro atoms. The summed E-state index contributed by atoms with van der Waals surface area (Å²) in [5.41, 5.74) is 1.12. The van der Waals surface area contributed by atoms with E-state index in [1.807, 2.05) is 0 Å². The number of carbonyl (C=O) groups is 1. The summed E-state index contributed by atoms with van der Waals surface area (Å²) < 4.78 is 26.0. The molecule has 6 nitrogen and oxygen atoms in total. The summed E-state index contributed by atoms with van der Waals surface area (Å²) in [7, 11) is -2.22. The molecule has 7 heteroatoms. The lowest BCUT2D eigenvalue weighted by Crippen LogP contribution is -2.31. The lowest BCUT2D eigenvalue weighted by Gasteiger charge is -2.18. The Kier molecular flexibility index (Phi) is 5.71. The Morgan fingerprint density at radius 1 is 1.04 bits per heavy atom. The molecule has 3 N–H and O–H groups in total. The number of aliphatic hydroxyl groups excluding tert-OH is 1. The Labute approximate surface area is 141 Å². The predicted octanol–water partition coefficient (Wildman–Crippen LogP) is 1.51. The predicted molar refractivity (Wildman–Crippen MR) is 90.6 cm³/mol. The van der Waals surface area contributed by atoms with Gasteiger partial charge in [0.2, 0.25) is 10.0 Å². The fraction of sp³-hybridized carbons (Fsp3) is 0.235. The van der Waals surface area contributed by atoms with Gasteiger partial charge in [0.15, 0.2) is 6.10 Å². The van der Waals surface area contributed by atoms with Gasteiger partial charge in [-0.2, -0.15) is 0 Å². The highest BCUT2D eigenvalue weighted by Gasteiger charge is 2.20. The van der Waals surface area contributed by atoms with Gasteiger partial charge in [0.1, 0.15) is 0 Å². The van der Waals surface area contributed by atoms with Crippen molar-refractivity contribution in [3.8, 4) is 0 Å². The molecule has 0 unspecified atom stereocenters. The van der Waals surface area contributed by atoms with E-state index in [1.54, 1.807) is 49.4 Å². The van der Waals surface area contributed by atoms with Crippen LogP contribution in [0.2, 0.25) is 0 Å². The summed E-state index contributed by atoms with van der Waals surface area (Å²) in [6.45, 7) is 1.72. The van der Waals surface area contributed by atoms with Crippen LogP contribution in [0.3, 0.4) is 0 Å². The molecular weight excluding hydrogens is 328 g/mol. The van der Waals surface area contributed by atoms with Crippen molar-refractivity contribution < 1.29 is 18.3 Å². The Morgan fingerprint density at radius 3 is 2.29 bits per heavy atom. The quantitative estimate of drug-likeness (QED) is 0.737. The number of rotatable bonds is 6. The average Bonchev–Trinajstić information content (AvgIpc) is 2.61. The summed E-state index contributed by atoms with van der Waals surface area (Å²) in [6, 6.07) is 14.4. The van der Waals surface area contributed by atoms with Crippen LogP contribution in [0.5, 0.6) is 0 Å². The first-order chi connectivity index (χ1) is 11.3. The van der Waals surface area contributed by atoms with Crippen molar-refractivity contribution in [3.63, 3.8) is 0 Å². The molecule has 128 valence electrons. The zero-order valence-corrected chi connectivity index (χ0v) is 14.2. The van der Waals surface area contributed by atoms with Gasteiger partial charge in [-0.1, -0.05) is 42.5 Å². The maximum absolute atomic E-state index is 12.2. The van der Waals surface area contributed by atoms with Gasteiger partial charge >= 0.3 is 0 Å². The number of hydrogen-bond acceptors (Lipinski definition) is 4. The molecule has 0 heterocycles. The van der Waals surface area contributed by atoms with Crippen molar-refractivity contribution in [1.29, 1.82) is 0 Å². The van der Waals surface area contributed by atoms with Crippen molar-refractivity contribution in [2.45, 2.75) is 24.0 Å². The molecule has 0 saturated carbocycles. The lowest BCUT2D eigenvalue weighted by molar-refractivity contribution is -0.130. The molecule has 2 rings (SSSR count). The second kappa shape index (κ2) is 7.57. The maximum atomic E-state index is 12.2. The normalized spacial score (nSPS) is 14.0. The zero-order chi connectivity index (χ0) is 17.7. The van der Waals surface area contributed by atoms with E-state index in [0.29, 0.717) is 11.1 Å². The first-order valence-corrected chi connectivity index (χ1v) is 8.90. The van der Waals surface area contributed by atoms with Crippen LogP contribution in [0.15, 0.2) is 59.5 Å². The average molecular weight is 348 g/mol. The number of nitrogens with one attached hydrogen (secondary N) is 2. The zero-order valence-electron chi connectivity index (χ0n) is 13.4. The van der Waals surface area contributed by atoms with Gasteiger partial charge in [-0.05, 0) is 37.2 Å². The molecule has 24 heavy (non-hydrogen) atoms. The van der Waals surface area contributed by atoms with Crippen LogP contribution in [0.4, 0.5) is 0 Å². The molecule has 0 saturated heterocycles. The fourth-order valence-corrected chi connectivity index (χ4v) is 3.02. The Hall–Kier alpha value is -2.22. The number of sulfonamides is 1. The Bertz CT molecular complexity index is 806. The number of amides is 1. The fourth-order valence-electron chi connectivity index (χ4n) is 2.23. The third-order valence-corrected chi connectivity index (χ3v) is 5.07. The van der Waals surface area contributed by atoms with E-state index < -0.39 is 28.1 Å². The third-order valence-electron chi connectivity index (χ3n) is 3.66. The minimum Gasteiger partial charge on any atom is -0.378 e. The van der Waals surface area contributed by atoms with Crippen LogP contribution in [-0.2, 0) is 14.8 Å². The minimum absolute atomic E-state index is 0.118. The van der Waals surface area contributed by atoms with Crippen molar-refractivity contribution in [2.24, 2.45) is 0 Å². The first kappa shape index (κ1) is 18.1. The first-order valence-electron chi connectivity index (χ1n) is 7.42. The molecule has 2 aromatic rings. The molecule has 0 bridgehead atoms. The summed E-state index contributed by atoms with van der Waals surface area (Å²) in [6.07, 6.45) is -1.28. The highest BCUT2D eigenvalue weighted by atomic mass is 32.2. The Morgan fingerprint density at radius 2 is 1.67 bits per heavy atom. The van der Waals surface area contributed by atoms with E-state index in [9.17, 15) is 18.3 Å². The SMILES string of the molecule is CNS(=O)(=O)c1cccc([C@H](C)NC(=O)[C@H](O)c2ccccc2)c1. The summed E-state index contributed by atoms with van der Waals surface area (Å²) >= 11 is 0. The summed E-state index contributed by atoms with van der Waals surface area (Å²) in [5.74, 6) is -0.546. The van der Waals surface area contributed by atoms with E-state index in [0.717, 1.165) is 0 Å². The molecule has 2 atom stereocenters. The lowest BCUT2D eigenvalue weighted by atomic mass is 10.1. The maximum Gasteiger partial charge on any atom is 0.253 e. The second-order valence-corrected chi connectivity index (χ2v) is 7.21. The molecule has 0 radical (unpaired) electrons. The monoisotopic (exact) mass is 348 g/mol. The van der Waals surface area contributed by atoms with E-state index in [1.165, 1.54) is 19.2 Å². The van der Waals surface area contributed by atoms with Crippen LogP contribution in [0.1, 0.15) is 30.2 Å². The van der Waals surface area contributed by atoms with E-state index in [2.05, 4.69) is 10.0 Å². The Balaban J connectivity index is 2.14. The van der Waals surface area contributed by atoms with Gasteiger partial charge in [0.05, 0.1) is 10.9 Å². The van der Waals surface area contributed by atoms with Crippen LogP contribution in [0, 0.1) is 0 Å². The smallest absolute Gasteiger partial charge is 0.253 e. The topological polar surface area (TPSA) is 95.5 Å². The molecule has 0 fully saturated rings. The van der Waals surface area contributed by atoms with Crippen molar-refractivity contribution >= 4 is 15.9 Å². The molecule has 0 aromatic heterocycles. The molecular formula is C17H20N2O4S. The third kappa shape index (κ3) is 4.19. The number of carbonyl (C=O) groups excluding carboxylic acids is 1. The van der Waals surface area contributed by atoms with Crippen molar-refractivity contribution in [1.82, 2.24) is 10.0 Å². The van der Waals surface area contributed by atoms with Gasteiger partial charge in [-0.25, -0.2) is 13.1 Å². The van der Waals surface area contributed by atoms with E-state index in [4.69, 9.17) is 0 Å². The van der Waals surface area contributed by atoms with Gasteiger partial charge in [0, 0.05) is 0 Å². The summed E-state index contributed by atoms with van der Waals surface area (Å²) in [4.78, 5) is 12.3. The molecule has 0 aliphatic heterocycles. The van der Waals surface area contributed by atoms with Crippen molar-refractivity contribution in [3.05, 3.63) is 65.7 Å². The minimum atomic E-state index is -3.55. The van der Waals surface area contributed by atoms with Crippen molar-refractivity contribution in [2.75, 3.05) is 7.05 Å². The molecule has 0 aliphatic rings.